The lowest BCUT2D eigenvalue weighted by molar-refractivity contribution is 0.0499. The molecule has 0 heterocycles. The Hall–Kier alpha value is -0.770. The lowest BCUT2D eigenvalue weighted by Gasteiger charge is -2.22. The third-order valence-electron chi connectivity index (χ3n) is 3.27. The average Bonchev–Trinajstić information content (AvgIpc) is 2.52. The van der Waals surface area contributed by atoms with Crippen LogP contribution in [0.25, 0.3) is 0 Å². The molecule has 0 aromatic rings. The molecule has 0 aliphatic heterocycles. The van der Waals surface area contributed by atoms with E-state index in [1.807, 2.05) is 20.8 Å². The van der Waals surface area contributed by atoms with Gasteiger partial charge in [0.05, 0.1) is 0 Å². The number of hydrogen-bond acceptors (Lipinski definition) is 3. The molecule has 2 rings (SSSR count). The van der Waals surface area contributed by atoms with Crippen molar-refractivity contribution in [1.82, 2.24) is 5.32 Å². The van der Waals surface area contributed by atoms with Crippen molar-refractivity contribution in [2.24, 2.45) is 17.6 Å². The van der Waals surface area contributed by atoms with E-state index in [-0.39, 0.29) is 12.1 Å². The molecule has 3 N–H and O–H groups in total. The molecule has 0 aromatic heterocycles. The Kier molecular flexibility index (Phi) is 2.41. The molecule has 0 bridgehead atoms. The van der Waals surface area contributed by atoms with Gasteiger partial charge in [-0.05, 0) is 45.4 Å². The fraction of sp³-hybridized carbons (Fsp3) is 0.909. The molecule has 2 fully saturated rings. The summed E-state index contributed by atoms with van der Waals surface area (Å²) in [5.74, 6) is 1.14. The second kappa shape index (κ2) is 3.37. The summed E-state index contributed by atoms with van der Waals surface area (Å²) in [6.07, 6.45) is 1.88. The maximum absolute atomic E-state index is 11.5. The predicted molar refractivity (Wildman–Crippen MR) is 57.3 cm³/mol. The molecule has 0 radical (unpaired) electrons. The van der Waals surface area contributed by atoms with Crippen molar-refractivity contribution in [2.75, 3.05) is 0 Å². The zero-order valence-electron chi connectivity index (χ0n) is 9.62. The first-order valence-electron chi connectivity index (χ1n) is 5.63. The van der Waals surface area contributed by atoms with Crippen molar-refractivity contribution in [3.05, 3.63) is 0 Å². The average molecular weight is 212 g/mol. The summed E-state index contributed by atoms with van der Waals surface area (Å²) in [5, 5.41) is 2.92. The van der Waals surface area contributed by atoms with Crippen molar-refractivity contribution in [1.29, 1.82) is 0 Å². The minimum atomic E-state index is -0.423. The van der Waals surface area contributed by atoms with E-state index in [9.17, 15) is 4.79 Å². The van der Waals surface area contributed by atoms with Gasteiger partial charge in [0.1, 0.15) is 5.60 Å². The monoisotopic (exact) mass is 212 g/mol. The first-order valence-corrected chi connectivity index (χ1v) is 5.63. The normalized spacial score (nSPS) is 38.4. The second-order valence-corrected chi connectivity index (χ2v) is 5.65. The summed E-state index contributed by atoms with van der Waals surface area (Å²) in [6.45, 7) is 5.60. The Morgan fingerprint density at radius 3 is 2.53 bits per heavy atom. The third kappa shape index (κ3) is 2.25. The first-order chi connectivity index (χ1) is 6.88. The van der Waals surface area contributed by atoms with E-state index < -0.39 is 5.60 Å². The van der Waals surface area contributed by atoms with Gasteiger partial charge in [-0.1, -0.05) is 0 Å². The number of fused-ring (bicyclic) bond motifs is 1. The van der Waals surface area contributed by atoms with Crippen LogP contribution < -0.4 is 11.1 Å². The maximum Gasteiger partial charge on any atom is 0.407 e. The standard InChI is InChI=1S/C11H20N2O2/c1-11(2,3)15-10(14)13-7-5-4-6-8(7)9(6)12/h6-9H,4-5,12H2,1-3H3,(H,13,14). The second-order valence-electron chi connectivity index (χ2n) is 5.65. The number of rotatable bonds is 1. The zero-order valence-corrected chi connectivity index (χ0v) is 9.62. The van der Waals surface area contributed by atoms with E-state index in [0.717, 1.165) is 12.8 Å². The Morgan fingerprint density at radius 2 is 2.07 bits per heavy atom. The van der Waals surface area contributed by atoms with Crippen molar-refractivity contribution >= 4 is 6.09 Å². The van der Waals surface area contributed by atoms with Gasteiger partial charge in [-0.3, -0.25) is 0 Å². The topological polar surface area (TPSA) is 64.3 Å². The quantitative estimate of drug-likeness (QED) is 0.687. The van der Waals surface area contributed by atoms with E-state index in [4.69, 9.17) is 10.5 Å². The summed E-state index contributed by atoms with van der Waals surface area (Å²) in [5.41, 5.74) is 5.45. The van der Waals surface area contributed by atoms with Gasteiger partial charge in [-0.15, -0.1) is 0 Å². The van der Waals surface area contributed by atoms with Gasteiger partial charge in [-0.2, -0.15) is 0 Å². The lowest BCUT2D eigenvalue weighted by atomic mass is 10.1. The largest absolute Gasteiger partial charge is 0.444 e. The molecule has 2 aliphatic carbocycles. The van der Waals surface area contributed by atoms with Gasteiger partial charge in [0, 0.05) is 12.1 Å². The predicted octanol–water partition coefficient (Wildman–Crippen LogP) is 1.25. The molecule has 0 aromatic carbocycles. The highest BCUT2D eigenvalue weighted by atomic mass is 16.6. The molecular formula is C11H20N2O2. The minimum absolute atomic E-state index is 0.236. The highest BCUT2D eigenvalue weighted by Gasteiger charge is 2.56. The fourth-order valence-corrected chi connectivity index (χ4v) is 2.57. The third-order valence-corrected chi connectivity index (χ3v) is 3.27. The van der Waals surface area contributed by atoms with Crippen LogP contribution in [-0.2, 0) is 4.74 Å². The van der Waals surface area contributed by atoms with Crippen LogP contribution in [0.1, 0.15) is 33.6 Å². The summed E-state index contributed by atoms with van der Waals surface area (Å²) >= 11 is 0. The van der Waals surface area contributed by atoms with E-state index in [2.05, 4.69) is 5.32 Å². The number of carbonyl (C=O) groups is 1. The van der Waals surface area contributed by atoms with Crippen molar-refractivity contribution < 1.29 is 9.53 Å². The fourth-order valence-electron chi connectivity index (χ4n) is 2.57. The Morgan fingerprint density at radius 1 is 1.40 bits per heavy atom. The van der Waals surface area contributed by atoms with Gasteiger partial charge < -0.3 is 15.8 Å². The molecule has 86 valence electrons. The molecule has 4 atom stereocenters. The molecule has 2 aliphatic rings. The van der Waals surface area contributed by atoms with Crippen LogP contribution in [0.5, 0.6) is 0 Å². The number of amides is 1. The van der Waals surface area contributed by atoms with Crippen LogP contribution in [0.2, 0.25) is 0 Å². The minimum Gasteiger partial charge on any atom is -0.444 e. The number of ether oxygens (including phenoxy) is 1. The van der Waals surface area contributed by atoms with Crippen molar-refractivity contribution in [3.63, 3.8) is 0 Å². The molecule has 1 amide bonds. The van der Waals surface area contributed by atoms with E-state index in [1.54, 1.807) is 0 Å². The Balaban J connectivity index is 1.80. The highest BCUT2D eigenvalue weighted by molar-refractivity contribution is 5.68. The summed E-state index contributed by atoms with van der Waals surface area (Å²) in [7, 11) is 0. The lowest BCUT2D eigenvalue weighted by Crippen LogP contribution is -2.40. The van der Waals surface area contributed by atoms with Gasteiger partial charge in [0.25, 0.3) is 0 Å². The number of carbonyl (C=O) groups excluding carboxylic acids is 1. The number of alkyl carbamates (subject to hydrolysis) is 1. The van der Waals surface area contributed by atoms with Crippen LogP contribution in [0.4, 0.5) is 4.79 Å². The molecule has 0 saturated heterocycles. The van der Waals surface area contributed by atoms with E-state index in [1.165, 1.54) is 0 Å². The molecule has 4 heteroatoms. The molecule has 2 saturated carbocycles. The van der Waals surface area contributed by atoms with Gasteiger partial charge in [-0.25, -0.2) is 4.79 Å². The van der Waals surface area contributed by atoms with Crippen LogP contribution in [0, 0.1) is 11.8 Å². The molecular weight excluding hydrogens is 192 g/mol. The van der Waals surface area contributed by atoms with Crippen LogP contribution in [0.3, 0.4) is 0 Å². The van der Waals surface area contributed by atoms with E-state index >= 15 is 0 Å². The number of nitrogens with two attached hydrogens (primary N) is 1. The highest BCUT2D eigenvalue weighted by Crippen LogP contribution is 2.50. The van der Waals surface area contributed by atoms with Gasteiger partial charge in [0.15, 0.2) is 0 Å². The molecule has 15 heavy (non-hydrogen) atoms. The molecule has 4 nitrogen and oxygen atoms in total. The number of nitrogens with one attached hydrogen (secondary N) is 1. The van der Waals surface area contributed by atoms with Crippen LogP contribution >= 0.6 is 0 Å². The number of hydrogen-bond donors (Lipinski definition) is 2. The van der Waals surface area contributed by atoms with Crippen LogP contribution in [-0.4, -0.2) is 23.8 Å². The Labute approximate surface area is 90.5 Å². The van der Waals surface area contributed by atoms with Gasteiger partial charge in [0.2, 0.25) is 0 Å². The molecule has 4 unspecified atom stereocenters. The summed E-state index contributed by atoms with van der Waals surface area (Å²) in [4.78, 5) is 11.5. The summed E-state index contributed by atoms with van der Waals surface area (Å²) in [6, 6.07) is 0.540. The zero-order chi connectivity index (χ0) is 11.2. The van der Waals surface area contributed by atoms with Gasteiger partial charge >= 0.3 is 6.09 Å². The first kappa shape index (κ1) is 10.7. The Bertz CT molecular complexity index is 272. The SMILES string of the molecule is CC(C)(C)OC(=O)NC1CCC2C(N)C12. The molecule has 0 spiro atoms. The van der Waals surface area contributed by atoms with Crippen molar-refractivity contribution in [2.45, 2.75) is 51.3 Å². The summed E-state index contributed by atoms with van der Waals surface area (Å²) < 4.78 is 5.21. The van der Waals surface area contributed by atoms with Crippen molar-refractivity contribution in [3.8, 4) is 0 Å². The maximum atomic E-state index is 11.5. The van der Waals surface area contributed by atoms with Crippen LogP contribution in [0.15, 0.2) is 0 Å². The van der Waals surface area contributed by atoms with E-state index in [0.29, 0.717) is 17.9 Å². The smallest absolute Gasteiger partial charge is 0.407 e.